The van der Waals surface area contributed by atoms with E-state index in [1.165, 1.54) is 25.3 Å². The van der Waals surface area contributed by atoms with Gasteiger partial charge >= 0.3 is 0 Å². The maximum atomic E-state index is 13.5. The summed E-state index contributed by atoms with van der Waals surface area (Å²) >= 11 is 0. The Balaban J connectivity index is 1.99. The molecule has 2 N–H and O–H groups in total. The number of benzene rings is 1. The van der Waals surface area contributed by atoms with Gasteiger partial charge in [0.05, 0.1) is 11.4 Å². The summed E-state index contributed by atoms with van der Waals surface area (Å²) in [5.41, 5.74) is 1.81. The molecule has 1 aromatic rings. The van der Waals surface area contributed by atoms with Crippen molar-refractivity contribution in [2.45, 2.75) is 31.2 Å². The second-order valence-electron chi connectivity index (χ2n) is 4.60. The molecule has 3 heteroatoms. The zero-order valence-corrected chi connectivity index (χ0v) is 8.65. The molecule has 1 aromatic carbocycles. The Bertz CT molecular complexity index is 385. The first-order valence-corrected chi connectivity index (χ1v) is 5.60. The Labute approximate surface area is 88.9 Å². The van der Waals surface area contributed by atoms with E-state index in [2.05, 4.69) is 10.6 Å². The Kier molecular flexibility index (Phi) is 1.87. The molecule has 2 nitrogen and oxygen atoms in total. The number of halogens is 1. The van der Waals surface area contributed by atoms with Crippen molar-refractivity contribution in [3.8, 4) is 0 Å². The smallest absolute Gasteiger partial charge is 0.148 e. The zero-order valence-electron chi connectivity index (χ0n) is 8.65. The standard InChI is InChI=1S/C12H15FN2/c13-9-3-1-4-10-11(9)14-8-7-12(15-10)5-2-6-12/h1,3-4,14-15H,2,5-8H2. The lowest BCUT2D eigenvalue weighted by Gasteiger charge is -2.42. The molecule has 0 atom stereocenters. The van der Waals surface area contributed by atoms with Gasteiger partial charge in [-0.25, -0.2) is 4.39 Å². The largest absolute Gasteiger partial charge is 0.381 e. The van der Waals surface area contributed by atoms with Crippen LogP contribution in [-0.4, -0.2) is 12.1 Å². The topological polar surface area (TPSA) is 24.1 Å². The van der Waals surface area contributed by atoms with E-state index in [4.69, 9.17) is 0 Å². The Hall–Kier alpha value is -1.25. The molecular weight excluding hydrogens is 191 g/mol. The van der Waals surface area contributed by atoms with Gasteiger partial charge in [-0.2, -0.15) is 0 Å². The summed E-state index contributed by atoms with van der Waals surface area (Å²) in [5, 5.41) is 6.69. The fraction of sp³-hybridized carbons (Fsp3) is 0.500. The first kappa shape index (κ1) is 9.01. The molecule has 1 spiro atoms. The third-order valence-electron chi connectivity index (χ3n) is 3.63. The lowest BCUT2D eigenvalue weighted by molar-refractivity contribution is 0.268. The zero-order chi connectivity index (χ0) is 10.3. The number of nitrogens with one attached hydrogen (secondary N) is 2. The van der Waals surface area contributed by atoms with Gasteiger partial charge in [0.1, 0.15) is 5.82 Å². The Morgan fingerprint density at radius 2 is 2.07 bits per heavy atom. The van der Waals surface area contributed by atoms with Crippen molar-refractivity contribution in [2.24, 2.45) is 0 Å². The van der Waals surface area contributed by atoms with Crippen LogP contribution >= 0.6 is 0 Å². The molecule has 1 heterocycles. The minimum absolute atomic E-state index is 0.156. The maximum Gasteiger partial charge on any atom is 0.148 e. The van der Waals surface area contributed by atoms with Gasteiger partial charge in [0.15, 0.2) is 0 Å². The van der Waals surface area contributed by atoms with Crippen molar-refractivity contribution in [1.29, 1.82) is 0 Å². The highest BCUT2D eigenvalue weighted by Gasteiger charge is 2.38. The van der Waals surface area contributed by atoms with Crippen molar-refractivity contribution in [1.82, 2.24) is 0 Å². The fourth-order valence-electron chi connectivity index (χ4n) is 2.56. The minimum atomic E-state index is -0.156. The number of hydrogen-bond donors (Lipinski definition) is 2. The van der Waals surface area contributed by atoms with Crippen LogP contribution in [0.5, 0.6) is 0 Å². The lowest BCUT2D eigenvalue weighted by Crippen LogP contribution is -2.45. The quantitative estimate of drug-likeness (QED) is 0.682. The number of para-hydroxylation sites is 1. The molecule has 0 bridgehead atoms. The van der Waals surface area contributed by atoms with E-state index < -0.39 is 0 Å². The van der Waals surface area contributed by atoms with E-state index >= 15 is 0 Å². The van der Waals surface area contributed by atoms with Crippen LogP contribution in [0, 0.1) is 5.82 Å². The summed E-state index contributed by atoms with van der Waals surface area (Å²) in [5.74, 6) is -0.156. The van der Waals surface area contributed by atoms with Crippen LogP contribution in [-0.2, 0) is 0 Å². The van der Waals surface area contributed by atoms with E-state index in [0.29, 0.717) is 5.69 Å². The molecule has 1 aliphatic carbocycles. The number of rotatable bonds is 0. The third kappa shape index (κ3) is 1.37. The summed E-state index contributed by atoms with van der Waals surface area (Å²) in [6.07, 6.45) is 4.80. The summed E-state index contributed by atoms with van der Waals surface area (Å²) in [6.45, 7) is 0.862. The Morgan fingerprint density at radius 1 is 1.20 bits per heavy atom. The predicted molar refractivity (Wildman–Crippen MR) is 59.7 cm³/mol. The minimum Gasteiger partial charge on any atom is -0.381 e. The van der Waals surface area contributed by atoms with Crippen molar-refractivity contribution in [2.75, 3.05) is 17.2 Å². The molecule has 15 heavy (non-hydrogen) atoms. The van der Waals surface area contributed by atoms with Gasteiger partial charge in [-0.1, -0.05) is 6.07 Å². The molecule has 0 radical (unpaired) electrons. The molecule has 0 amide bonds. The first-order chi connectivity index (χ1) is 7.29. The average molecular weight is 206 g/mol. The van der Waals surface area contributed by atoms with Crippen LogP contribution in [0.25, 0.3) is 0 Å². The highest BCUT2D eigenvalue weighted by Crippen LogP contribution is 2.42. The number of hydrogen-bond acceptors (Lipinski definition) is 2. The van der Waals surface area contributed by atoms with Gasteiger partial charge in [0, 0.05) is 12.1 Å². The maximum absolute atomic E-state index is 13.5. The molecule has 80 valence electrons. The van der Waals surface area contributed by atoms with Gasteiger partial charge in [-0.05, 0) is 37.8 Å². The summed E-state index contributed by atoms with van der Waals surface area (Å²) in [7, 11) is 0. The average Bonchev–Trinajstić information content (AvgIpc) is 2.37. The van der Waals surface area contributed by atoms with Crippen molar-refractivity contribution < 1.29 is 4.39 Å². The summed E-state index contributed by atoms with van der Waals surface area (Å²) in [4.78, 5) is 0. The van der Waals surface area contributed by atoms with E-state index in [1.54, 1.807) is 6.07 Å². The highest BCUT2D eigenvalue weighted by molar-refractivity contribution is 5.71. The van der Waals surface area contributed by atoms with Gasteiger partial charge in [-0.3, -0.25) is 0 Å². The van der Waals surface area contributed by atoms with Gasteiger partial charge in [0.2, 0.25) is 0 Å². The number of anilines is 2. The van der Waals surface area contributed by atoms with Crippen LogP contribution in [0.15, 0.2) is 18.2 Å². The predicted octanol–water partition coefficient (Wildman–Crippen LogP) is 2.98. The van der Waals surface area contributed by atoms with Gasteiger partial charge < -0.3 is 10.6 Å². The summed E-state index contributed by atoms with van der Waals surface area (Å²) < 4.78 is 13.5. The second kappa shape index (κ2) is 3.12. The summed E-state index contributed by atoms with van der Waals surface area (Å²) in [6, 6.07) is 5.23. The monoisotopic (exact) mass is 206 g/mol. The van der Waals surface area contributed by atoms with Crippen LogP contribution in [0.3, 0.4) is 0 Å². The van der Waals surface area contributed by atoms with Crippen LogP contribution in [0.2, 0.25) is 0 Å². The fourth-order valence-corrected chi connectivity index (χ4v) is 2.56. The van der Waals surface area contributed by atoms with E-state index in [9.17, 15) is 4.39 Å². The van der Waals surface area contributed by atoms with Crippen LogP contribution < -0.4 is 10.6 Å². The van der Waals surface area contributed by atoms with Crippen molar-refractivity contribution in [3.05, 3.63) is 24.0 Å². The third-order valence-corrected chi connectivity index (χ3v) is 3.63. The van der Waals surface area contributed by atoms with Gasteiger partial charge in [-0.15, -0.1) is 0 Å². The second-order valence-corrected chi connectivity index (χ2v) is 4.60. The molecule has 0 unspecified atom stereocenters. The van der Waals surface area contributed by atoms with Crippen molar-refractivity contribution >= 4 is 11.4 Å². The van der Waals surface area contributed by atoms with E-state index in [-0.39, 0.29) is 11.4 Å². The molecule has 1 aliphatic heterocycles. The highest BCUT2D eigenvalue weighted by atomic mass is 19.1. The Morgan fingerprint density at radius 3 is 2.80 bits per heavy atom. The number of fused-ring (bicyclic) bond motifs is 1. The lowest BCUT2D eigenvalue weighted by atomic mass is 9.74. The van der Waals surface area contributed by atoms with Crippen LogP contribution in [0.4, 0.5) is 15.8 Å². The van der Waals surface area contributed by atoms with Crippen molar-refractivity contribution in [3.63, 3.8) is 0 Å². The van der Waals surface area contributed by atoms with E-state index in [0.717, 1.165) is 18.7 Å². The molecular formula is C12H15FN2. The molecule has 2 aliphatic rings. The first-order valence-electron chi connectivity index (χ1n) is 5.60. The van der Waals surface area contributed by atoms with Crippen LogP contribution in [0.1, 0.15) is 25.7 Å². The SMILES string of the molecule is Fc1cccc2c1NCCC1(CCC1)N2. The normalized spacial score (nSPS) is 21.9. The molecule has 3 rings (SSSR count). The molecule has 1 fully saturated rings. The molecule has 0 saturated heterocycles. The van der Waals surface area contributed by atoms with Gasteiger partial charge in [0.25, 0.3) is 0 Å². The molecule has 0 aromatic heterocycles. The van der Waals surface area contributed by atoms with E-state index in [1.807, 2.05) is 6.07 Å². The molecule has 1 saturated carbocycles.